The van der Waals surface area contributed by atoms with Crippen LogP contribution < -0.4 is 10.1 Å². The lowest BCUT2D eigenvalue weighted by atomic mass is 10.0. The predicted octanol–water partition coefficient (Wildman–Crippen LogP) is 5.37. The Morgan fingerprint density at radius 2 is 1.61 bits per heavy atom. The highest BCUT2D eigenvalue weighted by molar-refractivity contribution is 6.30. The number of piperidine rings is 1. The second-order valence-electron chi connectivity index (χ2n) is 9.10. The second-order valence-corrected chi connectivity index (χ2v) is 9.54. The van der Waals surface area contributed by atoms with E-state index in [1.54, 1.807) is 10.9 Å². The number of benzene rings is 3. The third-order valence-corrected chi connectivity index (χ3v) is 6.58. The summed E-state index contributed by atoms with van der Waals surface area (Å²) in [6.45, 7) is 2.66. The van der Waals surface area contributed by atoms with Crippen molar-refractivity contribution in [3.05, 3.63) is 95.3 Å². The molecule has 0 unspecified atom stereocenters. The summed E-state index contributed by atoms with van der Waals surface area (Å²) in [6.07, 6.45) is 4.04. The molecule has 8 heteroatoms. The first-order chi connectivity index (χ1) is 17.5. The summed E-state index contributed by atoms with van der Waals surface area (Å²) in [5, 5.41) is 11.6. The van der Waals surface area contributed by atoms with Crippen molar-refractivity contribution in [3.8, 4) is 16.9 Å². The van der Waals surface area contributed by atoms with Crippen LogP contribution in [0.3, 0.4) is 0 Å². The van der Waals surface area contributed by atoms with E-state index in [1.165, 1.54) is 0 Å². The van der Waals surface area contributed by atoms with Gasteiger partial charge in [0, 0.05) is 23.8 Å². The summed E-state index contributed by atoms with van der Waals surface area (Å²) in [4.78, 5) is 15.0. The van der Waals surface area contributed by atoms with Gasteiger partial charge in [-0.2, -0.15) is 0 Å². The van der Waals surface area contributed by atoms with Gasteiger partial charge in [0.15, 0.2) is 5.69 Å². The fourth-order valence-corrected chi connectivity index (χ4v) is 4.34. The smallest absolute Gasteiger partial charge is 0.277 e. The molecule has 7 nitrogen and oxygen atoms in total. The summed E-state index contributed by atoms with van der Waals surface area (Å²) >= 11 is 5.93. The number of carbonyl (C=O) groups is 1. The SMILES string of the molecule is CN1CCC(Oc2ccc(-c3ccc(NC(=O)c4cn(Cc5ccc(Cl)cc5)nn4)cc3)cc2)CC1. The van der Waals surface area contributed by atoms with Crippen molar-refractivity contribution in [2.45, 2.75) is 25.5 Å². The Bertz CT molecular complexity index is 1300. The van der Waals surface area contributed by atoms with Crippen molar-refractivity contribution in [3.63, 3.8) is 0 Å². The number of ether oxygens (including phenoxy) is 1. The molecule has 1 amide bonds. The molecule has 0 radical (unpaired) electrons. The monoisotopic (exact) mass is 501 g/mol. The van der Waals surface area contributed by atoms with Crippen LogP contribution >= 0.6 is 11.6 Å². The van der Waals surface area contributed by atoms with Gasteiger partial charge in [-0.3, -0.25) is 4.79 Å². The highest BCUT2D eigenvalue weighted by Crippen LogP contribution is 2.26. The molecule has 1 saturated heterocycles. The Balaban J connectivity index is 1.16. The van der Waals surface area contributed by atoms with E-state index in [1.807, 2.05) is 60.7 Å². The standard InChI is InChI=1S/C28H28ClN5O2/c1-33-16-14-26(15-17-33)36-25-12-6-22(7-13-25)21-4-10-24(11-5-21)30-28(35)27-19-34(32-31-27)18-20-2-8-23(29)9-3-20/h2-13,19,26H,14-18H2,1H3,(H,30,35). The Hall–Kier alpha value is -3.68. The number of amides is 1. The van der Waals surface area contributed by atoms with E-state index in [-0.39, 0.29) is 17.7 Å². The van der Waals surface area contributed by atoms with Crippen molar-refractivity contribution < 1.29 is 9.53 Å². The average molecular weight is 502 g/mol. The molecule has 1 aliphatic rings. The van der Waals surface area contributed by atoms with Crippen LogP contribution in [-0.2, 0) is 6.54 Å². The van der Waals surface area contributed by atoms with E-state index < -0.39 is 0 Å². The van der Waals surface area contributed by atoms with Crippen molar-refractivity contribution in [1.29, 1.82) is 0 Å². The van der Waals surface area contributed by atoms with E-state index in [4.69, 9.17) is 16.3 Å². The Morgan fingerprint density at radius 3 is 2.28 bits per heavy atom. The first-order valence-electron chi connectivity index (χ1n) is 12.0. The lowest BCUT2D eigenvalue weighted by Crippen LogP contribution is -2.35. The molecule has 1 aliphatic heterocycles. The van der Waals surface area contributed by atoms with Gasteiger partial charge in [-0.05, 0) is 73.0 Å². The van der Waals surface area contributed by atoms with Gasteiger partial charge >= 0.3 is 0 Å². The fourth-order valence-electron chi connectivity index (χ4n) is 4.22. The molecule has 1 N–H and O–H groups in total. The molecular weight excluding hydrogens is 474 g/mol. The first-order valence-corrected chi connectivity index (χ1v) is 12.4. The summed E-state index contributed by atoms with van der Waals surface area (Å²) in [7, 11) is 2.15. The highest BCUT2D eigenvalue weighted by atomic mass is 35.5. The van der Waals surface area contributed by atoms with Crippen molar-refractivity contribution >= 4 is 23.2 Å². The number of hydrogen-bond acceptors (Lipinski definition) is 5. The van der Waals surface area contributed by atoms with Crippen molar-refractivity contribution in [2.24, 2.45) is 0 Å². The van der Waals surface area contributed by atoms with E-state index in [0.717, 1.165) is 48.4 Å². The van der Waals surface area contributed by atoms with Gasteiger partial charge in [0.2, 0.25) is 0 Å². The van der Waals surface area contributed by atoms with E-state index in [2.05, 4.69) is 39.7 Å². The number of anilines is 1. The van der Waals surface area contributed by atoms with Gasteiger partial charge in [0.25, 0.3) is 5.91 Å². The van der Waals surface area contributed by atoms with Gasteiger partial charge in [0.05, 0.1) is 12.7 Å². The number of likely N-dealkylation sites (tertiary alicyclic amines) is 1. The summed E-state index contributed by atoms with van der Waals surface area (Å²) in [6, 6.07) is 23.4. The molecule has 3 aromatic carbocycles. The van der Waals surface area contributed by atoms with Gasteiger partial charge in [-0.25, -0.2) is 4.68 Å². The zero-order chi connectivity index (χ0) is 24.9. The lowest BCUT2D eigenvalue weighted by molar-refractivity contribution is 0.102. The molecule has 5 rings (SSSR count). The molecule has 0 bridgehead atoms. The van der Waals surface area contributed by atoms with Crippen LogP contribution in [0, 0.1) is 0 Å². The van der Waals surface area contributed by atoms with Crippen molar-refractivity contribution in [1.82, 2.24) is 19.9 Å². The van der Waals surface area contributed by atoms with Gasteiger partial charge in [0.1, 0.15) is 11.9 Å². The van der Waals surface area contributed by atoms with Gasteiger partial charge < -0.3 is 15.0 Å². The van der Waals surface area contributed by atoms with E-state index >= 15 is 0 Å². The number of nitrogens with one attached hydrogen (secondary N) is 1. The number of hydrogen-bond donors (Lipinski definition) is 1. The van der Waals surface area contributed by atoms with Crippen LogP contribution in [0.4, 0.5) is 5.69 Å². The third kappa shape index (κ3) is 6.11. The summed E-state index contributed by atoms with van der Waals surface area (Å²) < 4.78 is 7.77. The zero-order valence-corrected chi connectivity index (χ0v) is 20.9. The maximum atomic E-state index is 12.6. The fraction of sp³-hybridized carbons (Fsp3) is 0.250. The topological polar surface area (TPSA) is 72.3 Å². The van der Waals surface area contributed by atoms with E-state index in [0.29, 0.717) is 17.3 Å². The molecule has 0 spiro atoms. The maximum Gasteiger partial charge on any atom is 0.277 e. The van der Waals surface area contributed by atoms with Crippen LogP contribution in [0.5, 0.6) is 5.75 Å². The largest absolute Gasteiger partial charge is 0.490 e. The average Bonchev–Trinajstić information content (AvgIpc) is 3.37. The first kappa shape index (κ1) is 24.0. The maximum absolute atomic E-state index is 12.6. The minimum atomic E-state index is -0.305. The number of rotatable bonds is 7. The van der Waals surface area contributed by atoms with Crippen molar-refractivity contribution in [2.75, 3.05) is 25.5 Å². The minimum Gasteiger partial charge on any atom is -0.490 e. The third-order valence-electron chi connectivity index (χ3n) is 6.33. The lowest BCUT2D eigenvalue weighted by Gasteiger charge is -2.29. The van der Waals surface area contributed by atoms with E-state index in [9.17, 15) is 4.79 Å². The number of halogens is 1. The Kier molecular flexibility index (Phi) is 7.30. The van der Waals surface area contributed by atoms with Crippen LogP contribution in [-0.4, -0.2) is 52.0 Å². The molecule has 1 fully saturated rings. The molecule has 4 aromatic rings. The van der Waals surface area contributed by atoms with Gasteiger partial charge in [-0.15, -0.1) is 5.10 Å². The molecule has 0 saturated carbocycles. The molecule has 0 aliphatic carbocycles. The van der Waals surface area contributed by atoms with Crippen LogP contribution in [0.2, 0.25) is 5.02 Å². The molecule has 0 atom stereocenters. The number of nitrogens with zero attached hydrogens (tertiary/aromatic N) is 4. The molecule has 184 valence electrons. The van der Waals surface area contributed by atoms with Crippen LogP contribution in [0.1, 0.15) is 28.9 Å². The Labute approximate surface area is 215 Å². The van der Waals surface area contributed by atoms with Gasteiger partial charge in [-0.1, -0.05) is 53.2 Å². The predicted molar refractivity (Wildman–Crippen MR) is 142 cm³/mol. The second kappa shape index (κ2) is 10.9. The normalized spacial score (nSPS) is 14.5. The van der Waals surface area contributed by atoms with Crippen LogP contribution in [0.15, 0.2) is 79.0 Å². The quantitative estimate of drug-likeness (QED) is 0.368. The summed E-state index contributed by atoms with van der Waals surface area (Å²) in [5.41, 5.74) is 4.13. The summed E-state index contributed by atoms with van der Waals surface area (Å²) in [5.74, 6) is 0.599. The highest BCUT2D eigenvalue weighted by Gasteiger charge is 2.18. The molecular formula is C28H28ClN5O2. The van der Waals surface area contributed by atoms with Crippen LogP contribution in [0.25, 0.3) is 11.1 Å². The Morgan fingerprint density at radius 1 is 0.972 bits per heavy atom. The molecule has 36 heavy (non-hydrogen) atoms. The minimum absolute atomic E-state index is 0.258. The number of aromatic nitrogens is 3. The molecule has 2 heterocycles. The zero-order valence-electron chi connectivity index (χ0n) is 20.1. The number of carbonyl (C=O) groups excluding carboxylic acids is 1. The molecule has 1 aromatic heterocycles.